The van der Waals surface area contributed by atoms with Crippen LogP contribution >= 0.6 is 0 Å². The van der Waals surface area contributed by atoms with Crippen molar-refractivity contribution in [2.75, 3.05) is 5.73 Å². The summed E-state index contributed by atoms with van der Waals surface area (Å²) in [6.45, 7) is 4.00. The highest BCUT2D eigenvalue weighted by Crippen LogP contribution is 2.10. The van der Waals surface area contributed by atoms with Gasteiger partial charge in [0.2, 0.25) is 0 Å². The fourth-order valence-corrected chi connectivity index (χ4v) is 0.835. The number of rotatable bonds is 1. The van der Waals surface area contributed by atoms with Crippen molar-refractivity contribution in [3.05, 3.63) is 17.5 Å². The molecule has 0 bridgehead atoms. The van der Waals surface area contributed by atoms with Crippen LogP contribution in [0.15, 0.2) is 6.20 Å². The monoisotopic (exact) mass is 137 g/mol. The molecule has 1 aromatic heterocycles. The van der Waals surface area contributed by atoms with E-state index in [9.17, 15) is 0 Å². The molecule has 0 aliphatic carbocycles. The first-order chi connectivity index (χ1) is 4.75. The van der Waals surface area contributed by atoms with Gasteiger partial charge in [0.05, 0.1) is 17.6 Å². The van der Waals surface area contributed by atoms with Crippen molar-refractivity contribution in [2.45, 2.75) is 20.3 Å². The number of nitrogens with two attached hydrogens (primary N) is 1. The van der Waals surface area contributed by atoms with E-state index in [-0.39, 0.29) is 0 Å². The van der Waals surface area contributed by atoms with Crippen LogP contribution in [0, 0.1) is 6.92 Å². The zero-order valence-corrected chi connectivity index (χ0v) is 6.26. The first kappa shape index (κ1) is 6.99. The number of hydrogen-bond donors (Lipinski definition) is 1. The van der Waals surface area contributed by atoms with Crippen molar-refractivity contribution in [1.82, 2.24) is 10.2 Å². The summed E-state index contributed by atoms with van der Waals surface area (Å²) >= 11 is 0. The first-order valence-corrected chi connectivity index (χ1v) is 3.32. The molecule has 0 atom stereocenters. The lowest BCUT2D eigenvalue weighted by atomic mass is 10.2. The third kappa shape index (κ3) is 1.07. The third-order valence-corrected chi connectivity index (χ3v) is 1.58. The topological polar surface area (TPSA) is 51.8 Å². The van der Waals surface area contributed by atoms with Gasteiger partial charge in [0.15, 0.2) is 0 Å². The van der Waals surface area contributed by atoms with Gasteiger partial charge in [0.1, 0.15) is 0 Å². The van der Waals surface area contributed by atoms with Gasteiger partial charge in [-0.05, 0) is 18.9 Å². The summed E-state index contributed by atoms with van der Waals surface area (Å²) in [6, 6.07) is 0. The second kappa shape index (κ2) is 2.64. The molecule has 0 aliphatic heterocycles. The van der Waals surface area contributed by atoms with E-state index in [1.807, 2.05) is 13.8 Å². The van der Waals surface area contributed by atoms with E-state index < -0.39 is 0 Å². The standard InChI is InChI=1S/C7H11N3/c1-3-7-5(2)6(8)4-9-10-7/h4H,3H2,1-2H3,(H2,8,10). The van der Waals surface area contributed by atoms with Gasteiger partial charge in [-0.15, -0.1) is 0 Å². The molecule has 0 unspecified atom stereocenters. The molecule has 1 aromatic rings. The molecule has 0 aliphatic rings. The van der Waals surface area contributed by atoms with Crippen LogP contribution in [-0.2, 0) is 6.42 Å². The Hall–Kier alpha value is -1.12. The molecular weight excluding hydrogens is 126 g/mol. The highest BCUT2D eigenvalue weighted by molar-refractivity contribution is 5.44. The Labute approximate surface area is 60.3 Å². The lowest BCUT2D eigenvalue weighted by Gasteiger charge is -2.01. The molecule has 0 aromatic carbocycles. The highest BCUT2D eigenvalue weighted by atomic mass is 15.1. The Morgan fingerprint density at radius 2 is 2.30 bits per heavy atom. The van der Waals surface area contributed by atoms with Crippen molar-refractivity contribution >= 4 is 5.69 Å². The maximum absolute atomic E-state index is 5.59. The summed E-state index contributed by atoms with van der Waals surface area (Å²) in [4.78, 5) is 0. The van der Waals surface area contributed by atoms with E-state index >= 15 is 0 Å². The summed E-state index contributed by atoms with van der Waals surface area (Å²) in [5.74, 6) is 0. The predicted octanol–water partition coefficient (Wildman–Crippen LogP) is 0.930. The van der Waals surface area contributed by atoms with E-state index in [0.29, 0.717) is 0 Å². The quantitative estimate of drug-likeness (QED) is 0.626. The molecule has 0 spiro atoms. The van der Waals surface area contributed by atoms with E-state index in [4.69, 9.17) is 5.73 Å². The van der Waals surface area contributed by atoms with Crippen LogP contribution in [0.4, 0.5) is 5.69 Å². The molecule has 54 valence electrons. The first-order valence-electron chi connectivity index (χ1n) is 3.32. The van der Waals surface area contributed by atoms with E-state index in [0.717, 1.165) is 23.4 Å². The smallest absolute Gasteiger partial charge is 0.0728 e. The molecule has 2 N–H and O–H groups in total. The van der Waals surface area contributed by atoms with Crippen LogP contribution in [-0.4, -0.2) is 10.2 Å². The summed E-state index contributed by atoms with van der Waals surface area (Å²) < 4.78 is 0. The second-order valence-electron chi connectivity index (χ2n) is 2.23. The van der Waals surface area contributed by atoms with Gasteiger partial charge in [-0.3, -0.25) is 0 Å². The van der Waals surface area contributed by atoms with Crippen molar-refractivity contribution in [3.8, 4) is 0 Å². The lowest BCUT2D eigenvalue weighted by Crippen LogP contribution is -1.99. The number of aryl methyl sites for hydroxylation is 1. The van der Waals surface area contributed by atoms with Crippen LogP contribution in [0.2, 0.25) is 0 Å². The fourth-order valence-electron chi connectivity index (χ4n) is 0.835. The molecule has 0 fully saturated rings. The lowest BCUT2D eigenvalue weighted by molar-refractivity contribution is 0.904. The zero-order valence-electron chi connectivity index (χ0n) is 6.26. The van der Waals surface area contributed by atoms with Gasteiger partial charge in [0.25, 0.3) is 0 Å². The number of nitrogens with zero attached hydrogens (tertiary/aromatic N) is 2. The largest absolute Gasteiger partial charge is 0.397 e. The molecule has 1 heterocycles. The molecule has 3 heteroatoms. The Morgan fingerprint density at radius 1 is 1.60 bits per heavy atom. The Kier molecular flexibility index (Phi) is 1.85. The van der Waals surface area contributed by atoms with Crippen LogP contribution in [0.1, 0.15) is 18.2 Å². The average Bonchev–Trinajstić information content (AvgIpc) is 1.95. The minimum atomic E-state index is 0.729. The highest BCUT2D eigenvalue weighted by Gasteiger charge is 1.99. The van der Waals surface area contributed by atoms with Gasteiger partial charge < -0.3 is 5.73 Å². The van der Waals surface area contributed by atoms with E-state index in [2.05, 4.69) is 10.2 Å². The summed E-state index contributed by atoms with van der Waals surface area (Å²) in [5.41, 5.74) is 8.36. The number of hydrogen-bond acceptors (Lipinski definition) is 3. The van der Waals surface area contributed by atoms with Gasteiger partial charge in [0, 0.05) is 0 Å². The molecule has 1 rings (SSSR count). The van der Waals surface area contributed by atoms with Crippen LogP contribution < -0.4 is 5.73 Å². The van der Waals surface area contributed by atoms with Crippen molar-refractivity contribution < 1.29 is 0 Å². The number of nitrogen functional groups attached to an aromatic ring is 1. The average molecular weight is 137 g/mol. The summed E-state index contributed by atoms with van der Waals surface area (Å²) in [6.07, 6.45) is 2.47. The molecule has 3 nitrogen and oxygen atoms in total. The van der Waals surface area contributed by atoms with Crippen molar-refractivity contribution in [1.29, 1.82) is 0 Å². The number of aromatic nitrogens is 2. The normalized spacial score (nSPS) is 9.80. The van der Waals surface area contributed by atoms with Gasteiger partial charge in [-0.25, -0.2) is 0 Å². The molecule has 0 radical (unpaired) electrons. The molecule has 0 amide bonds. The van der Waals surface area contributed by atoms with Crippen LogP contribution in [0.25, 0.3) is 0 Å². The maximum atomic E-state index is 5.59. The van der Waals surface area contributed by atoms with E-state index in [1.165, 1.54) is 0 Å². The maximum Gasteiger partial charge on any atom is 0.0728 e. The summed E-state index contributed by atoms with van der Waals surface area (Å²) in [5, 5.41) is 7.67. The Bertz CT molecular complexity index is 232. The van der Waals surface area contributed by atoms with Crippen molar-refractivity contribution in [2.24, 2.45) is 0 Å². The van der Waals surface area contributed by atoms with E-state index in [1.54, 1.807) is 6.20 Å². The van der Waals surface area contributed by atoms with Gasteiger partial charge >= 0.3 is 0 Å². The van der Waals surface area contributed by atoms with Crippen molar-refractivity contribution in [3.63, 3.8) is 0 Å². The SMILES string of the molecule is CCc1nncc(N)c1C. The minimum absolute atomic E-state index is 0.729. The molecule has 10 heavy (non-hydrogen) atoms. The fraction of sp³-hybridized carbons (Fsp3) is 0.429. The van der Waals surface area contributed by atoms with Gasteiger partial charge in [-0.1, -0.05) is 6.92 Å². The van der Waals surface area contributed by atoms with Crippen LogP contribution in [0.3, 0.4) is 0 Å². The molecule has 0 saturated carbocycles. The minimum Gasteiger partial charge on any atom is -0.397 e. The van der Waals surface area contributed by atoms with Gasteiger partial charge in [-0.2, -0.15) is 10.2 Å². The Balaban J connectivity index is 3.14. The Morgan fingerprint density at radius 3 is 2.80 bits per heavy atom. The third-order valence-electron chi connectivity index (χ3n) is 1.58. The second-order valence-corrected chi connectivity index (χ2v) is 2.23. The predicted molar refractivity (Wildman–Crippen MR) is 40.6 cm³/mol. The molecular formula is C7H11N3. The number of anilines is 1. The summed E-state index contributed by atoms with van der Waals surface area (Å²) in [7, 11) is 0. The molecule has 0 saturated heterocycles. The van der Waals surface area contributed by atoms with Crippen LogP contribution in [0.5, 0.6) is 0 Å². The zero-order chi connectivity index (χ0) is 7.56.